The molecule has 6 nitrogen and oxygen atoms in total. The number of benzene rings is 2. The van der Waals surface area contributed by atoms with Crippen molar-refractivity contribution in [2.45, 2.75) is 13.3 Å². The van der Waals surface area contributed by atoms with E-state index in [9.17, 15) is 9.90 Å². The second kappa shape index (κ2) is 8.15. The molecular weight excluding hydrogens is 380 g/mol. The normalized spacial score (nSPS) is 10.5. The summed E-state index contributed by atoms with van der Waals surface area (Å²) in [5, 5.41) is 20.4. The summed E-state index contributed by atoms with van der Waals surface area (Å²) >= 11 is 6.26. The molecule has 28 heavy (non-hydrogen) atoms. The molecule has 0 radical (unpaired) electrons. The van der Waals surface area contributed by atoms with Gasteiger partial charge in [0.15, 0.2) is 6.61 Å². The minimum absolute atomic E-state index is 0.124. The lowest BCUT2D eigenvalue weighted by Gasteiger charge is -2.15. The second-order valence-electron chi connectivity index (χ2n) is 6.16. The molecule has 3 aromatic rings. The first-order valence-corrected chi connectivity index (χ1v) is 8.81. The number of nitriles is 1. The number of fused-ring (bicyclic) bond motifs is 1. The molecule has 1 N–H and O–H groups in total. The Morgan fingerprint density at radius 3 is 2.61 bits per heavy atom. The summed E-state index contributed by atoms with van der Waals surface area (Å²) in [5.41, 5.74) is 3.23. The van der Waals surface area contributed by atoms with Gasteiger partial charge in [-0.15, -0.1) is 0 Å². The zero-order valence-electron chi connectivity index (χ0n) is 15.3. The van der Waals surface area contributed by atoms with Crippen LogP contribution in [0.15, 0.2) is 36.4 Å². The van der Waals surface area contributed by atoms with Crippen LogP contribution in [-0.4, -0.2) is 29.8 Å². The van der Waals surface area contributed by atoms with Gasteiger partial charge in [0.2, 0.25) is 5.88 Å². The van der Waals surface area contributed by atoms with Gasteiger partial charge in [-0.3, -0.25) is 0 Å². The van der Waals surface area contributed by atoms with Crippen molar-refractivity contribution in [3.05, 3.63) is 63.7 Å². The van der Waals surface area contributed by atoms with E-state index in [0.29, 0.717) is 39.2 Å². The number of hydrogen-bond acceptors (Lipinski definition) is 6. The zero-order valence-corrected chi connectivity index (χ0v) is 16.1. The zero-order chi connectivity index (χ0) is 20.3. The van der Waals surface area contributed by atoms with Crippen molar-refractivity contribution in [1.29, 1.82) is 5.26 Å². The number of esters is 1. The van der Waals surface area contributed by atoms with Gasteiger partial charge in [0.1, 0.15) is 5.75 Å². The molecule has 0 aliphatic heterocycles. The SMILES string of the molecule is COC(=O)COc1ccc(Cl)c2nc(O)c(Cc3ccc(C#N)cc3)c(C)c12. The monoisotopic (exact) mass is 396 g/mol. The molecule has 0 aliphatic carbocycles. The summed E-state index contributed by atoms with van der Waals surface area (Å²) < 4.78 is 10.2. The maximum Gasteiger partial charge on any atom is 0.343 e. The van der Waals surface area contributed by atoms with E-state index in [0.717, 1.165) is 11.1 Å². The van der Waals surface area contributed by atoms with Crippen LogP contribution >= 0.6 is 11.6 Å². The summed E-state index contributed by atoms with van der Waals surface area (Å²) in [5.74, 6) is -0.206. The summed E-state index contributed by atoms with van der Waals surface area (Å²) in [6.07, 6.45) is 0.412. The molecular formula is C21H17ClN2O4. The molecule has 0 bridgehead atoms. The minimum Gasteiger partial charge on any atom is -0.493 e. The van der Waals surface area contributed by atoms with E-state index in [4.69, 9.17) is 21.6 Å². The van der Waals surface area contributed by atoms with Gasteiger partial charge in [0.25, 0.3) is 0 Å². The van der Waals surface area contributed by atoms with Gasteiger partial charge in [-0.05, 0) is 42.3 Å². The van der Waals surface area contributed by atoms with Crippen LogP contribution in [0.25, 0.3) is 10.9 Å². The average molecular weight is 397 g/mol. The number of aryl methyl sites for hydroxylation is 1. The number of rotatable bonds is 5. The number of pyridine rings is 1. The first-order valence-electron chi connectivity index (χ1n) is 8.44. The summed E-state index contributed by atoms with van der Waals surface area (Å²) in [7, 11) is 1.28. The number of aromatic hydroxyl groups is 1. The van der Waals surface area contributed by atoms with Gasteiger partial charge in [-0.25, -0.2) is 9.78 Å². The Bertz CT molecular complexity index is 1090. The van der Waals surface area contributed by atoms with Gasteiger partial charge >= 0.3 is 5.97 Å². The summed E-state index contributed by atoms with van der Waals surface area (Å²) in [4.78, 5) is 15.7. The topological polar surface area (TPSA) is 92.4 Å². The lowest BCUT2D eigenvalue weighted by molar-refractivity contribution is -0.142. The first-order chi connectivity index (χ1) is 13.4. The number of methoxy groups -OCH3 is 1. The molecule has 0 fully saturated rings. The molecule has 0 aliphatic rings. The minimum atomic E-state index is -0.509. The predicted molar refractivity (Wildman–Crippen MR) is 105 cm³/mol. The number of aromatic nitrogens is 1. The molecule has 2 aromatic carbocycles. The van der Waals surface area contributed by atoms with Crippen molar-refractivity contribution < 1.29 is 19.4 Å². The maximum absolute atomic E-state index is 11.4. The molecule has 0 unspecified atom stereocenters. The van der Waals surface area contributed by atoms with Crippen LogP contribution in [0.4, 0.5) is 0 Å². The number of nitrogens with zero attached hydrogens (tertiary/aromatic N) is 2. The van der Waals surface area contributed by atoms with Crippen LogP contribution < -0.4 is 4.74 Å². The van der Waals surface area contributed by atoms with Crippen molar-refractivity contribution in [1.82, 2.24) is 4.98 Å². The van der Waals surface area contributed by atoms with Crippen LogP contribution in [0.1, 0.15) is 22.3 Å². The van der Waals surface area contributed by atoms with Crippen LogP contribution in [0, 0.1) is 18.3 Å². The summed E-state index contributed by atoms with van der Waals surface area (Å²) in [6.45, 7) is 1.59. The van der Waals surface area contributed by atoms with Crippen molar-refractivity contribution in [2.24, 2.45) is 0 Å². The number of ether oxygens (including phenoxy) is 2. The van der Waals surface area contributed by atoms with E-state index in [1.807, 2.05) is 19.1 Å². The molecule has 142 valence electrons. The Morgan fingerprint density at radius 2 is 1.96 bits per heavy atom. The van der Waals surface area contributed by atoms with Crippen LogP contribution in [-0.2, 0) is 16.0 Å². The van der Waals surface area contributed by atoms with Crippen molar-refractivity contribution in [2.75, 3.05) is 13.7 Å². The molecule has 3 rings (SSSR count). The largest absolute Gasteiger partial charge is 0.493 e. The average Bonchev–Trinajstić information content (AvgIpc) is 2.71. The Morgan fingerprint density at radius 1 is 1.25 bits per heavy atom. The lowest BCUT2D eigenvalue weighted by atomic mass is 9.97. The fourth-order valence-electron chi connectivity index (χ4n) is 2.94. The second-order valence-corrected chi connectivity index (χ2v) is 6.57. The van der Waals surface area contributed by atoms with Crippen LogP contribution in [0.2, 0.25) is 5.02 Å². The molecule has 0 spiro atoms. The highest BCUT2D eigenvalue weighted by molar-refractivity contribution is 6.35. The fraction of sp³-hybridized carbons (Fsp3) is 0.190. The summed E-state index contributed by atoms with van der Waals surface area (Å²) in [6, 6.07) is 12.4. The van der Waals surface area contributed by atoms with Crippen LogP contribution in [0.5, 0.6) is 11.6 Å². The van der Waals surface area contributed by atoms with Crippen molar-refractivity contribution in [3.63, 3.8) is 0 Å². The molecule has 0 amide bonds. The Labute approximate surface area is 166 Å². The van der Waals surface area contributed by atoms with E-state index >= 15 is 0 Å². The van der Waals surface area contributed by atoms with Gasteiger partial charge in [-0.2, -0.15) is 5.26 Å². The first kappa shape index (κ1) is 19.5. The Hall–Kier alpha value is -3.30. The van der Waals surface area contributed by atoms with Crippen LogP contribution in [0.3, 0.4) is 0 Å². The highest BCUT2D eigenvalue weighted by atomic mass is 35.5. The van der Waals surface area contributed by atoms with Gasteiger partial charge in [-0.1, -0.05) is 23.7 Å². The third kappa shape index (κ3) is 3.85. The number of carbonyl (C=O) groups excluding carboxylic acids is 1. The number of halogens is 1. The Kier molecular flexibility index (Phi) is 5.67. The number of hydrogen-bond donors (Lipinski definition) is 1. The third-order valence-electron chi connectivity index (χ3n) is 4.44. The van der Waals surface area contributed by atoms with E-state index in [2.05, 4.69) is 15.8 Å². The molecule has 1 heterocycles. The van der Waals surface area contributed by atoms with Gasteiger partial charge < -0.3 is 14.6 Å². The molecule has 0 saturated heterocycles. The maximum atomic E-state index is 11.4. The van der Waals surface area contributed by atoms with Gasteiger partial charge in [0, 0.05) is 17.4 Å². The van der Waals surface area contributed by atoms with Gasteiger partial charge in [0.05, 0.1) is 29.3 Å². The fourth-order valence-corrected chi connectivity index (χ4v) is 3.14. The quantitative estimate of drug-likeness (QED) is 0.657. The molecule has 7 heteroatoms. The highest BCUT2D eigenvalue weighted by Crippen LogP contribution is 2.37. The van der Waals surface area contributed by atoms with Crippen molar-refractivity contribution in [3.8, 4) is 17.7 Å². The third-order valence-corrected chi connectivity index (χ3v) is 4.75. The smallest absolute Gasteiger partial charge is 0.343 e. The van der Waals surface area contributed by atoms with E-state index in [-0.39, 0.29) is 12.5 Å². The lowest BCUT2D eigenvalue weighted by Crippen LogP contribution is -2.13. The molecule has 0 saturated carbocycles. The Balaban J connectivity index is 2.08. The number of carbonyl (C=O) groups is 1. The van der Waals surface area contributed by atoms with Crippen molar-refractivity contribution >= 4 is 28.5 Å². The predicted octanol–water partition coefficient (Wildman–Crippen LogP) is 3.92. The van der Waals surface area contributed by atoms with E-state index < -0.39 is 5.97 Å². The van der Waals surface area contributed by atoms with E-state index in [1.165, 1.54) is 7.11 Å². The van der Waals surface area contributed by atoms with E-state index in [1.54, 1.807) is 24.3 Å². The standard InChI is InChI=1S/C21H17ClN2O4/c1-12-15(9-13-3-5-14(10-23)6-4-13)21(26)24-20-16(22)7-8-17(19(12)20)28-11-18(25)27-2/h3-8H,9,11H2,1-2H3,(H,24,26). The molecule has 0 atom stereocenters. The highest BCUT2D eigenvalue weighted by Gasteiger charge is 2.18. The molecule has 1 aromatic heterocycles.